The lowest BCUT2D eigenvalue weighted by molar-refractivity contribution is 0.319. The summed E-state index contributed by atoms with van der Waals surface area (Å²) in [7, 11) is 0. The van der Waals surface area contributed by atoms with Crippen molar-refractivity contribution >= 4 is 11.4 Å². The van der Waals surface area contributed by atoms with E-state index in [1.807, 2.05) is 48.5 Å². The predicted octanol–water partition coefficient (Wildman–Crippen LogP) is 3.13. The third-order valence-corrected chi connectivity index (χ3v) is 2.72. The number of nitrogens with zero attached hydrogens (tertiary/aromatic N) is 1. The summed E-state index contributed by atoms with van der Waals surface area (Å²) in [6.45, 7) is 1.76. The Kier molecular flexibility index (Phi) is 3.10. The molecular formula is C14H14N2O. The van der Waals surface area contributed by atoms with Gasteiger partial charge in [-0.25, -0.2) is 0 Å². The van der Waals surface area contributed by atoms with Crippen LogP contribution in [-0.4, -0.2) is 10.9 Å². The average molecular weight is 226 g/mol. The van der Waals surface area contributed by atoms with Crippen LogP contribution < -0.4 is 5.73 Å². The van der Waals surface area contributed by atoms with E-state index in [-0.39, 0.29) is 0 Å². The first-order chi connectivity index (χ1) is 8.22. The zero-order valence-electron chi connectivity index (χ0n) is 9.59. The minimum Gasteiger partial charge on any atom is -0.411 e. The summed E-state index contributed by atoms with van der Waals surface area (Å²) >= 11 is 0. The molecule has 0 atom stereocenters. The molecule has 0 aliphatic heterocycles. The molecule has 0 bridgehead atoms. The third-order valence-electron chi connectivity index (χ3n) is 2.72. The highest BCUT2D eigenvalue weighted by Crippen LogP contribution is 2.25. The Bertz CT molecular complexity index is 544. The molecule has 0 aromatic heterocycles. The van der Waals surface area contributed by atoms with E-state index in [0.717, 1.165) is 22.4 Å². The summed E-state index contributed by atoms with van der Waals surface area (Å²) < 4.78 is 0. The largest absolute Gasteiger partial charge is 0.411 e. The predicted molar refractivity (Wildman–Crippen MR) is 70.3 cm³/mol. The van der Waals surface area contributed by atoms with Crippen molar-refractivity contribution in [3.63, 3.8) is 0 Å². The molecule has 17 heavy (non-hydrogen) atoms. The number of rotatable bonds is 2. The number of anilines is 1. The first kappa shape index (κ1) is 11.2. The van der Waals surface area contributed by atoms with Crippen molar-refractivity contribution in [2.45, 2.75) is 6.92 Å². The van der Waals surface area contributed by atoms with Crippen molar-refractivity contribution in [1.82, 2.24) is 0 Å². The van der Waals surface area contributed by atoms with E-state index in [1.54, 1.807) is 6.92 Å². The summed E-state index contributed by atoms with van der Waals surface area (Å²) in [4.78, 5) is 0. The molecule has 86 valence electrons. The van der Waals surface area contributed by atoms with Gasteiger partial charge in [0.25, 0.3) is 0 Å². The molecule has 3 nitrogen and oxygen atoms in total. The summed E-state index contributed by atoms with van der Waals surface area (Å²) in [5.41, 5.74) is 10.2. The van der Waals surface area contributed by atoms with Gasteiger partial charge in [0.05, 0.1) is 5.71 Å². The van der Waals surface area contributed by atoms with E-state index < -0.39 is 0 Å². The fraction of sp³-hybridized carbons (Fsp3) is 0.0714. The van der Waals surface area contributed by atoms with Crippen molar-refractivity contribution in [3.8, 4) is 11.1 Å². The second-order valence-electron chi connectivity index (χ2n) is 3.85. The smallest absolute Gasteiger partial charge is 0.0836 e. The SMILES string of the molecule is CC(=NO)c1ccc(-c2ccccc2N)cc1. The standard InChI is InChI=1S/C14H14N2O/c1-10(16-17)11-6-8-12(9-7-11)13-4-2-3-5-14(13)15/h2-9,17H,15H2,1H3. The van der Waals surface area contributed by atoms with Crippen LogP contribution in [0.25, 0.3) is 11.1 Å². The molecule has 0 heterocycles. The molecule has 3 N–H and O–H groups in total. The van der Waals surface area contributed by atoms with E-state index in [2.05, 4.69) is 5.16 Å². The molecule has 0 saturated carbocycles. The second-order valence-corrected chi connectivity index (χ2v) is 3.85. The maximum atomic E-state index is 8.69. The normalized spacial score (nSPS) is 11.5. The van der Waals surface area contributed by atoms with Gasteiger partial charge < -0.3 is 10.9 Å². The van der Waals surface area contributed by atoms with Gasteiger partial charge in [-0.1, -0.05) is 47.6 Å². The van der Waals surface area contributed by atoms with E-state index >= 15 is 0 Å². The van der Waals surface area contributed by atoms with Gasteiger partial charge in [0, 0.05) is 11.3 Å². The highest BCUT2D eigenvalue weighted by molar-refractivity contribution is 5.98. The lowest BCUT2D eigenvalue weighted by Gasteiger charge is -2.06. The number of hydrogen-bond acceptors (Lipinski definition) is 3. The van der Waals surface area contributed by atoms with Gasteiger partial charge in [-0.15, -0.1) is 0 Å². The van der Waals surface area contributed by atoms with Crippen LogP contribution in [0.2, 0.25) is 0 Å². The zero-order chi connectivity index (χ0) is 12.3. The Morgan fingerprint density at radius 3 is 2.29 bits per heavy atom. The van der Waals surface area contributed by atoms with E-state index in [1.165, 1.54) is 0 Å². The van der Waals surface area contributed by atoms with Gasteiger partial charge in [-0.2, -0.15) is 0 Å². The van der Waals surface area contributed by atoms with Crippen molar-refractivity contribution in [2.75, 3.05) is 5.73 Å². The van der Waals surface area contributed by atoms with E-state index in [9.17, 15) is 0 Å². The highest BCUT2D eigenvalue weighted by atomic mass is 16.4. The Labute approximate surface area is 100 Å². The van der Waals surface area contributed by atoms with Crippen LogP contribution in [0.15, 0.2) is 53.7 Å². The van der Waals surface area contributed by atoms with Crippen LogP contribution in [0, 0.1) is 0 Å². The summed E-state index contributed by atoms with van der Waals surface area (Å²) in [5, 5.41) is 11.9. The van der Waals surface area contributed by atoms with Crippen LogP contribution in [0.4, 0.5) is 5.69 Å². The summed E-state index contributed by atoms with van der Waals surface area (Å²) in [5.74, 6) is 0. The molecule has 0 aliphatic rings. The molecule has 0 amide bonds. The van der Waals surface area contributed by atoms with Crippen LogP contribution in [0.3, 0.4) is 0 Å². The molecule has 0 radical (unpaired) electrons. The van der Waals surface area contributed by atoms with Gasteiger partial charge in [0.1, 0.15) is 0 Å². The van der Waals surface area contributed by atoms with Gasteiger partial charge >= 0.3 is 0 Å². The number of benzene rings is 2. The molecule has 0 saturated heterocycles. The molecule has 0 fully saturated rings. The minimum atomic E-state index is 0.595. The fourth-order valence-electron chi connectivity index (χ4n) is 1.71. The van der Waals surface area contributed by atoms with Crippen LogP contribution in [0.5, 0.6) is 0 Å². The summed E-state index contributed by atoms with van der Waals surface area (Å²) in [6, 6.07) is 15.5. The van der Waals surface area contributed by atoms with Crippen molar-refractivity contribution in [3.05, 3.63) is 54.1 Å². The molecule has 3 heteroatoms. The topological polar surface area (TPSA) is 58.6 Å². The molecule has 0 unspecified atom stereocenters. The third kappa shape index (κ3) is 2.28. The zero-order valence-corrected chi connectivity index (χ0v) is 9.59. The quantitative estimate of drug-likeness (QED) is 0.357. The van der Waals surface area contributed by atoms with Crippen LogP contribution >= 0.6 is 0 Å². The number of para-hydroxylation sites is 1. The van der Waals surface area contributed by atoms with E-state index in [4.69, 9.17) is 10.9 Å². The van der Waals surface area contributed by atoms with Crippen LogP contribution in [-0.2, 0) is 0 Å². The second kappa shape index (κ2) is 4.70. The Hall–Kier alpha value is -2.29. The molecule has 2 rings (SSSR count). The first-order valence-electron chi connectivity index (χ1n) is 5.36. The van der Waals surface area contributed by atoms with Crippen molar-refractivity contribution < 1.29 is 5.21 Å². The Morgan fingerprint density at radius 1 is 1.06 bits per heavy atom. The molecule has 2 aromatic carbocycles. The van der Waals surface area contributed by atoms with Crippen molar-refractivity contribution in [1.29, 1.82) is 0 Å². The van der Waals surface area contributed by atoms with Gasteiger partial charge in [0.2, 0.25) is 0 Å². The number of oxime groups is 1. The van der Waals surface area contributed by atoms with Crippen LogP contribution in [0.1, 0.15) is 12.5 Å². The summed E-state index contributed by atoms with van der Waals surface area (Å²) in [6.07, 6.45) is 0. The van der Waals surface area contributed by atoms with Crippen molar-refractivity contribution in [2.24, 2.45) is 5.16 Å². The molecule has 0 spiro atoms. The lowest BCUT2D eigenvalue weighted by atomic mass is 10.0. The van der Waals surface area contributed by atoms with Gasteiger partial charge in [0.15, 0.2) is 0 Å². The maximum absolute atomic E-state index is 8.69. The van der Waals surface area contributed by atoms with E-state index in [0.29, 0.717) is 5.71 Å². The lowest BCUT2D eigenvalue weighted by Crippen LogP contribution is -1.94. The maximum Gasteiger partial charge on any atom is 0.0836 e. The monoisotopic (exact) mass is 226 g/mol. The Morgan fingerprint density at radius 2 is 1.71 bits per heavy atom. The number of nitrogens with two attached hydrogens (primary N) is 1. The fourth-order valence-corrected chi connectivity index (χ4v) is 1.71. The minimum absolute atomic E-state index is 0.595. The average Bonchev–Trinajstić information content (AvgIpc) is 2.39. The van der Waals surface area contributed by atoms with Gasteiger partial charge in [-0.3, -0.25) is 0 Å². The highest BCUT2D eigenvalue weighted by Gasteiger charge is 2.02. The van der Waals surface area contributed by atoms with Gasteiger partial charge in [-0.05, 0) is 24.1 Å². The first-order valence-corrected chi connectivity index (χ1v) is 5.36. The molecule has 0 aliphatic carbocycles. The number of nitrogen functional groups attached to an aromatic ring is 1. The Balaban J connectivity index is 2.40. The number of hydrogen-bond donors (Lipinski definition) is 2. The molecular weight excluding hydrogens is 212 g/mol. The molecule has 2 aromatic rings.